The highest BCUT2D eigenvalue weighted by Gasteiger charge is 2.53. The second-order valence-electron chi connectivity index (χ2n) is 12.8. The molecule has 0 saturated heterocycles. The molecule has 46 heavy (non-hydrogen) atoms. The van der Waals surface area contributed by atoms with Crippen molar-refractivity contribution in [2.24, 2.45) is 0 Å². The van der Waals surface area contributed by atoms with Crippen molar-refractivity contribution in [3.05, 3.63) is 180 Å². The maximum Gasteiger partial charge on any atom is 0.0731 e. The third-order valence-corrected chi connectivity index (χ3v) is 11.9. The molecule has 1 heterocycles. The summed E-state index contributed by atoms with van der Waals surface area (Å²) in [5.41, 5.74) is 15.8. The second kappa shape index (κ2) is 8.88. The van der Waals surface area contributed by atoms with E-state index in [1.54, 1.807) is 0 Å². The van der Waals surface area contributed by atoms with Crippen LogP contribution >= 0.6 is 11.8 Å². The highest BCUT2D eigenvalue weighted by atomic mass is 32.2. The highest BCUT2D eigenvalue weighted by molar-refractivity contribution is 8.00. The Morgan fingerprint density at radius 1 is 0.348 bits per heavy atom. The fraction of sp³-hybridized carbons (Fsp3) is 0.0222. The third kappa shape index (κ3) is 2.97. The molecule has 0 amide bonds. The van der Waals surface area contributed by atoms with Gasteiger partial charge in [-0.3, -0.25) is 0 Å². The van der Waals surface area contributed by atoms with Gasteiger partial charge in [0.2, 0.25) is 0 Å². The average molecular weight is 599 g/mol. The number of rotatable bonds is 1. The number of hydrogen-bond donors (Lipinski definition) is 0. The normalized spacial score (nSPS) is 16.3. The van der Waals surface area contributed by atoms with Crippen LogP contribution in [0.5, 0.6) is 0 Å². The Morgan fingerprint density at radius 2 is 0.913 bits per heavy atom. The zero-order valence-corrected chi connectivity index (χ0v) is 25.7. The summed E-state index contributed by atoms with van der Waals surface area (Å²) in [6.45, 7) is 0. The Balaban J connectivity index is 1.30. The molecule has 1 spiro atoms. The molecule has 0 fully saturated rings. The summed E-state index contributed by atoms with van der Waals surface area (Å²) in [6, 6.07) is 59.4. The Labute approximate surface area is 272 Å². The SMILES string of the molecule is c1ccc2c(c1)Sc1c(-c3cccc4c3C3(c5ccccc5-c5cc6ccccc6cc53)c3ccccc3-4)ccc3cccc-2c13. The molecule has 1 atom stereocenters. The van der Waals surface area contributed by atoms with Gasteiger partial charge in [0, 0.05) is 15.2 Å². The summed E-state index contributed by atoms with van der Waals surface area (Å²) in [7, 11) is 0. The fourth-order valence-electron chi connectivity index (χ4n) is 8.88. The van der Waals surface area contributed by atoms with Crippen molar-refractivity contribution in [1.29, 1.82) is 0 Å². The molecule has 3 aliphatic rings. The van der Waals surface area contributed by atoms with Crippen LogP contribution in [0.25, 0.3) is 66.1 Å². The molecule has 8 aromatic rings. The summed E-state index contributed by atoms with van der Waals surface area (Å²) in [5, 5.41) is 5.24. The topological polar surface area (TPSA) is 0 Å². The number of benzene rings is 8. The summed E-state index contributed by atoms with van der Waals surface area (Å²) in [4.78, 5) is 2.68. The maximum absolute atomic E-state index is 2.49. The van der Waals surface area contributed by atoms with Gasteiger partial charge in [0.1, 0.15) is 0 Å². The van der Waals surface area contributed by atoms with Gasteiger partial charge in [-0.2, -0.15) is 0 Å². The van der Waals surface area contributed by atoms with E-state index in [9.17, 15) is 0 Å². The van der Waals surface area contributed by atoms with Crippen LogP contribution in [0, 0.1) is 0 Å². The monoisotopic (exact) mass is 598 g/mol. The predicted molar refractivity (Wildman–Crippen MR) is 193 cm³/mol. The first-order valence-electron chi connectivity index (χ1n) is 16.0. The molecule has 1 aliphatic heterocycles. The second-order valence-corrected chi connectivity index (χ2v) is 13.8. The van der Waals surface area contributed by atoms with Crippen LogP contribution in [0.4, 0.5) is 0 Å². The average Bonchev–Trinajstić information content (AvgIpc) is 3.58. The molecule has 1 unspecified atom stereocenters. The van der Waals surface area contributed by atoms with Gasteiger partial charge in [0.15, 0.2) is 0 Å². The third-order valence-electron chi connectivity index (χ3n) is 10.6. The first-order chi connectivity index (χ1) is 22.8. The Kier molecular flexibility index (Phi) is 4.80. The number of fused-ring (bicyclic) bond motifs is 13. The lowest BCUT2D eigenvalue weighted by Gasteiger charge is -2.33. The predicted octanol–water partition coefficient (Wildman–Crippen LogP) is 12.1. The van der Waals surface area contributed by atoms with Gasteiger partial charge in [-0.05, 0) is 101 Å². The molecule has 0 saturated carbocycles. The first-order valence-corrected chi connectivity index (χ1v) is 16.8. The van der Waals surface area contributed by atoms with E-state index < -0.39 is 5.41 Å². The minimum atomic E-state index is -0.420. The van der Waals surface area contributed by atoms with Crippen molar-refractivity contribution in [3.63, 3.8) is 0 Å². The smallest absolute Gasteiger partial charge is 0.0731 e. The largest absolute Gasteiger partial charge is 0.0881 e. The molecular formula is C45H26S. The van der Waals surface area contributed by atoms with Crippen molar-refractivity contribution < 1.29 is 0 Å². The van der Waals surface area contributed by atoms with Crippen molar-refractivity contribution in [1.82, 2.24) is 0 Å². The standard InChI is InChI=1S/C45H26S/c1-2-12-29-26-40-37(25-28(29)11-1)31-15-4-7-21-39(31)45(40)38-20-6-3-14-30(38)34-18-10-19-35(43(34)45)36-24-23-27-13-9-17-33-32-16-5-8-22-41(32)46-44(36)42(27)33/h1-26H. The van der Waals surface area contributed by atoms with Gasteiger partial charge in [0.05, 0.1) is 5.41 Å². The van der Waals surface area contributed by atoms with Crippen molar-refractivity contribution in [2.45, 2.75) is 15.2 Å². The van der Waals surface area contributed by atoms with Crippen LogP contribution in [0.15, 0.2) is 168 Å². The van der Waals surface area contributed by atoms with E-state index in [1.165, 1.54) is 98.1 Å². The van der Waals surface area contributed by atoms with Crippen LogP contribution in [-0.2, 0) is 5.41 Å². The zero-order chi connectivity index (χ0) is 30.0. The lowest BCUT2D eigenvalue weighted by atomic mass is 9.68. The van der Waals surface area contributed by atoms with Gasteiger partial charge < -0.3 is 0 Å². The minimum absolute atomic E-state index is 0.420. The molecule has 2 aliphatic carbocycles. The van der Waals surface area contributed by atoms with E-state index >= 15 is 0 Å². The van der Waals surface area contributed by atoms with Crippen molar-refractivity contribution in [2.75, 3.05) is 0 Å². The molecule has 0 bridgehead atoms. The molecule has 0 aromatic heterocycles. The lowest BCUT2D eigenvalue weighted by Crippen LogP contribution is -2.26. The van der Waals surface area contributed by atoms with Gasteiger partial charge in [-0.25, -0.2) is 0 Å². The fourth-order valence-corrected chi connectivity index (χ4v) is 10.2. The van der Waals surface area contributed by atoms with Gasteiger partial charge in [-0.15, -0.1) is 0 Å². The lowest BCUT2D eigenvalue weighted by molar-refractivity contribution is 0.796. The van der Waals surface area contributed by atoms with Crippen molar-refractivity contribution in [3.8, 4) is 44.5 Å². The van der Waals surface area contributed by atoms with Crippen LogP contribution in [-0.4, -0.2) is 0 Å². The molecule has 11 rings (SSSR count). The summed E-state index contributed by atoms with van der Waals surface area (Å²) >= 11 is 1.93. The van der Waals surface area contributed by atoms with E-state index in [0.29, 0.717) is 0 Å². The summed E-state index contributed by atoms with van der Waals surface area (Å²) in [6.07, 6.45) is 0. The van der Waals surface area contributed by atoms with Crippen LogP contribution in [0.1, 0.15) is 22.3 Å². The highest BCUT2D eigenvalue weighted by Crippen LogP contribution is 2.65. The van der Waals surface area contributed by atoms with E-state index in [-0.39, 0.29) is 0 Å². The molecule has 0 N–H and O–H groups in total. The van der Waals surface area contributed by atoms with E-state index in [4.69, 9.17) is 0 Å². The first kappa shape index (κ1) is 24.9. The van der Waals surface area contributed by atoms with E-state index in [2.05, 4.69) is 158 Å². The molecule has 8 aromatic carbocycles. The van der Waals surface area contributed by atoms with Crippen LogP contribution in [0.2, 0.25) is 0 Å². The maximum atomic E-state index is 2.49. The summed E-state index contributed by atoms with van der Waals surface area (Å²) < 4.78 is 0. The van der Waals surface area contributed by atoms with Crippen LogP contribution < -0.4 is 0 Å². The van der Waals surface area contributed by atoms with E-state index in [1.807, 2.05) is 11.8 Å². The Bertz CT molecular complexity index is 2630. The zero-order valence-electron chi connectivity index (χ0n) is 24.9. The Morgan fingerprint density at radius 3 is 1.72 bits per heavy atom. The molecule has 0 radical (unpaired) electrons. The molecule has 1 heteroatoms. The molecule has 212 valence electrons. The van der Waals surface area contributed by atoms with Gasteiger partial charge in [0.25, 0.3) is 0 Å². The quantitative estimate of drug-likeness (QED) is 0.181. The number of hydrogen-bond acceptors (Lipinski definition) is 1. The van der Waals surface area contributed by atoms with Gasteiger partial charge in [-0.1, -0.05) is 151 Å². The molecular weight excluding hydrogens is 573 g/mol. The molecule has 0 nitrogen and oxygen atoms in total. The van der Waals surface area contributed by atoms with Gasteiger partial charge >= 0.3 is 0 Å². The summed E-state index contributed by atoms with van der Waals surface area (Å²) in [5.74, 6) is 0. The van der Waals surface area contributed by atoms with Crippen molar-refractivity contribution >= 4 is 33.3 Å². The van der Waals surface area contributed by atoms with Crippen LogP contribution in [0.3, 0.4) is 0 Å². The van der Waals surface area contributed by atoms with E-state index in [0.717, 1.165) is 0 Å². The minimum Gasteiger partial charge on any atom is -0.0881 e. The Hall–Kier alpha value is -5.37.